The van der Waals surface area contributed by atoms with Gasteiger partial charge in [0.05, 0.1) is 18.9 Å². The van der Waals surface area contributed by atoms with Gasteiger partial charge in [-0.05, 0) is 12.8 Å². The van der Waals surface area contributed by atoms with Crippen LogP contribution in [-0.4, -0.2) is 40.4 Å². The van der Waals surface area contributed by atoms with Gasteiger partial charge in [0.2, 0.25) is 0 Å². The standard InChI is InChI=1S/C20H43O5P/c1-2-3-4-5-6-7-8-9-10-11-12-13-14-15-17-25-19-20(21)16-18-26(22,23)24/h20-21H,2-19H2,1H3,(H2,22,23,24)/t20-/m1/s1. The highest BCUT2D eigenvalue weighted by molar-refractivity contribution is 7.51. The summed E-state index contributed by atoms with van der Waals surface area (Å²) in [5.74, 6) is 0. The molecular formula is C20H43O5P. The van der Waals surface area contributed by atoms with Gasteiger partial charge in [-0.25, -0.2) is 0 Å². The summed E-state index contributed by atoms with van der Waals surface area (Å²) in [6, 6.07) is 0. The molecule has 0 aromatic carbocycles. The fourth-order valence-corrected chi connectivity index (χ4v) is 3.65. The van der Waals surface area contributed by atoms with Crippen molar-refractivity contribution >= 4 is 7.60 Å². The van der Waals surface area contributed by atoms with Gasteiger partial charge in [-0.1, -0.05) is 90.4 Å². The summed E-state index contributed by atoms with van der Waals surface area (Å²) in [5, 5.41) is 9.56. The molecular weight excluding hydrogens is 351 g/mol. The van der Waals surface area contributed by atoms with Crippen molar-refractivity contribution in [3.63, 3.8) is 0 Å². The molecule has 0 aliphatic carbocycles. The molecule has 6 heteroatoms. The van der Waals surface area contributed by atoms with E-state index < -0.39 is 13.7 Å². The van der Waals surface area contributed by atoms with Crippen molar-refractivity contribution in [2.75, 3.05) is 19.4 Å². The molecule has 0 bridgehead atoms. The van der Waals surface area contributed by atoms with Crippen LogP contribution < -0.4 is 0 Å². The number of ether oxygens (including phenoxy) is 1. The molecule has 0 radical (unpaired) electrons. The van der Waals surface area contributed by atoms with Crippen molar-refractivity contribution in [1.82, 2.24) is 0 Å². The fraction of sp³-hybridized carbons (Fsp3) is 1.00. The first-order chi connectivity index (χ1) is 12.5. The van der Waals surface area contributed by atoms with Gasteiger partial charge in [-0.2, -0.15) is 0 Å². The number of rotatable bonds is 20. The normalized spacial score (nSPS) is 13.2. The zero-order valence-electron chi connectivity index (χ0n) is 16.9. The van der Waals surface area contributed by atoms with Crippen LogP contribution in [0.25, 0.3) is 0 Å². The molecule has 0 aliphatic heterocycles. The average molecular weight is 395 g/mol. The summed E-state index contributed by atoms with van der Waals surface area (Å²) in [6.07, 6.45) is 17.5. The molecule has 5 nitrogen and oxygen atoms in total. The zero-order valence-corrected chi connectivity index (χ0v) is 17.8. The SMILES string of the molecule is CCCCCCCCCCCCCCCCOC[C@H](O)CCP(=O)(O)O. The molecule has 3 N–H and O–H groups in total. The molecule has 0 saturated carbocycles. The maximum atomic E-state index is 10.7. The minimum absolute atomic E-state index is 0.0863. The second kappa shape index (κ2) is 18.4. The third-order valence-corrected chi connectivity index (χ3v) is 5.55. The first-order valence-corrected chi connectivity index (χ1v) is 12.6. The minimum atomic E-state index is -4.01. The number of aliphatic hydroxyl groups is 1. The maximum Gasteiger partial charge on any atom is 0.325 e. The molecule has 0 saturated heterocycles. The first kappa shape index (κ1) is 26.1. The Hall–Kier alpha value is 0.0700. The first-order valence-electron chi connectivity index (χ1n) is 10.8. The maximum absolute atomic E-state index is 10.7. The van der Waals surface area contributed by atoms with Crippen LogP contribution in [0.3, 0.4) is 0 Å². The highest BCUT2D eigenvalue weighted by Crippen LogP contribution is 2.35. The summed E-state index contributed by atoms with van der Waals surface area (Å²) in [4.78, 5) is 17.5. The minimum Gasteiger partial charge on any atom is -0.391 e. The van der Waals surface area contributed by atoms with Crippen LogP contribution in [0.5, 0.6) is 0 Å². The van der Waals surface area contributed by atoms with Crippen LogP contribution in [0.4, 0.5) is 0 Å². The van der Waals surface area contributed by atoms with Gasteiger partial charge >= 0.3 is 7.60 Å². The van der Waals surface area contributed by atoms with Gasteiger partial charge in [0.1, 0.15) is 0 Å². The molecule has 0 unspecified atom stereocenters. The molecule has 0 amide bonds. The topological polar surface area (TPSA) is 87.0 Å². The van der Waals surface area contributed by atoms with E-state index in [4.69, 9.17) is 14.5 Å². The average Bonchev–Trinajstić information content (AvgIpc) is 2.59. The Morgan fingerprint density at radius 3 is 1.62 bits per heavy atom. The summed E-state index contributed by atoms with van der Waals surface area (Å²) in [7, 11) is -4.01. The van der Waals surface area contributed by atoms with Gasteiger partial charge in [0.25, 0.3) is 0 Å². The van der Waals surface area contributed by atoms with Crippen molar-refractivity contribution < 1.29 is 24.2 Å². The second-order valence-electron chi connectivity index (χ2n) is 7.50. The Kier molecular flexibility index (Phi) is 18.5. The molecule has 158 valence electrons. The smallest absolute Gasteiger partial charge is 0.325 e. The summed E-state index contributed by atoms with van der Waals surface area (Å²) in [5.41, 5.74) is 0. The molecule has 0 rings (SSSR count). The summed E-state index contributed by atoms with van der Waals surface area (Å²) < 4.78 is 16.1. The van der Waals surface area contributed by atoms with E-state index in [1.807, 2.05) is 0 Å². The van der Waals surface area contributed by atoms with Crippen LogP contribution in [0.1, 0.15) is 103 Å². The molecule has 0 aromatic rings. The molecule has 0 spiro atoms. The van der Waals surface area contributed by atoms with Crippen molar-refractivity contribution in [3.05, 3.63) is 0 Å². The Bertz CT molecular complexity index is 332. The van der Waals surface area contributed by atoms with Gasteiger partial charge in [-0.3, -0.25) is 4.57 Å². The molecule has 1 atom stereocenters. The van der Waals surface area contributed by atoms with E-state index in [0.717, 1.165) is 12.8 Å². The summed E-state index contributed by atoms with van der Waals surface area (Å²) in [6.45, 7) is 3.04. The second-order valence-corrected chi connectivity index (χ2v) is 9.28. The number of hydrogen-bond donors (Lipinski definition) is 3. The van der Waals surface area contributed by atoms with Crippen LogP contribution in [-0.2, 0) is 9.30 Å². The third-order valence-electron chi connectivity index (χ3n) is 4.71. The lowest BCUT2D eigenvalue weighted by Gasteiger charge is -2.11. The molecule has 0 aliphatic rings. The lowest BCUT2D eigenvalue weighted by atomic mass is 10.0. The molecule has 0 aromatic heterocycles. The Labute approximate surface area is 161 Å². The number of aliphatic hydroxyl groups excluding tert-OH is 1. The predicted molar refractivity (Wildman–Crippen MR) is 109 cm³/mol. The molecule has 0 heterocycles. The highest BCUT2D eigenvalue weighted by Gasteiger charge is 2.15. The summed E-state index contributed by atoms with van der Waals surface area (Å²) >= 11 is 0. The lowest BCUT2D eigenvalue weighted by Crippen LogP contribution is -2.17. The largest absolute Gasteiger partial charge is 0.391 e. The van der Waals surface area contributed by atoms with E-state index in [1.54, 1.807) is 0 Å². The molecule has 26 heavy (non-hydrogen) atoms. The monoisotopic (exact) mass is 394 g/mol. The van der Waals surface area contributed by atoms with Gasteiger partial charge in [-0.15, -0.1) is 0 Å². The van der Waals surface area contributed by atoms with Crippen LogP contribution in [0, 0.1) is 0 Å². The van der Waals surface area contributed by atoms with Crippen LogP contribution >= 0.6 is 7.60 Å². The van der Waals surface area contributed by atoms with Crippen molar-refractivity contribution in [1.29, 1.82) is 0 Å². The van der Waals surface area contributed by atoms with E-state index in [2.05, 4.69) is 6.92 Å². The van der Waals surface area contributed by atoms with Crippen molar-refractivity contribution in [2.24, 2.45) is 0 Å². The van der Waals surface area contributed by atoms with Crippen LogP contribution in [0.2, 0.25) is 0 Å². The van der Waals surface area contributed by atoms with E-state index >= 15 is 0 Å². The van der Waals surface area contributed by atoms with Crippen molar-refractivity contribution in [3.8, 4) is 0 Å². The highest BCUT2D eigenvalue weighted by atomic mass is 31.2. The third kappa shape index (κ3) is 22.1. The Morgan fingerprint density at radius 1 is 0.769 bits per heavy atom. The Morgan fingerprint density at radius 2 is 1.19 bits per heavy atom. The zero-order chi connectivity index (χ0) is 19.5. The van der Waals surface area contributed by atoms with E-state index in [9.17, 15) is 9.67 Å². The van der Waals surface area contributed by atoms with E-state index in [-0.39, 0.29) is 19.2 Å². The van der Waals surface area contributed by atoms with Crippen LogP contribution in [0.15, 0.2) is 0 Å². The quantitative estimate of drug-likeness (QED) is 0.190. The van der Waals surface area contributed by atoms with Crippen molar-refractivity contribution in [2.45, 2.75) is 109 Å². The number of hydrogen-bond acceptors (Lipinski definition) is 3. The molecule has 0 fully saturated rings. The Balaban J connectivity index is 3.14. The van der Waals surface area contributed by atoms with Gasteiger partial charge in [0, 0.05) is 6.61 Å². The van der Waals surface area contributed by atoms with Gasteiger partial charge in [0.15, 0.2) is 0 Å². The van der Waals surface area contributed by atoms with E-state index in [0.29, 0.717) is 6.61 Å². The lowest BCUT2D eigenvalue weighted by molar-refractivity contribution is 0.0333. The van der Waals surface area contributed by atoms with Gasteiger partial charge < -0.3 is 19.6 Å². The fourth-order valence-electron chi connectivity index (χ4n) is 3.02. The van der Waals surface area contributed by atoms with E-state index in [1.165, 1.54) is 77.0 Å². The predicted octanol–water partition coefficient (Wildman–Crippen LogP) is 5.41. The number of unbranched alkanes of at least 4 members (excludes halogenated alkanes) is 13.